The van der Waals surface area contributed by atoms with E-state index in [1.807, 2.05) is 0 Å². The summed E-state index contributed by atoms with van der Waals surface area (Å²) >= 11 is 0. The Morgan fingerprint density at radius 3 is 2.32 bits per heavy atom. The fourth-order valence-electron chi connectivity index (χ4n) is 2.22. The summed E-state index contributed by atoms with van der Waals surface area (Å²) in [5.74, 6) is -0.234. The molecule has 2 aromatic carbocycles. The summed E-state index contributed by atoms with van der Waals surface area (Å²) in [6.07, 6.45) is -3.34. The number of hydrazone groups is 1. The third kappa shape index (κ3) is 4.67. The van der Waals surface area contributed by atoms with Gasteiger partial charge in [0, 0.05) is 23.8 Å². The van der Waals surface area contributed by atoms with Crippen LogP contribution in [0.15, 0.2) is 65.8 Å². The first kappa shape index (κ1) is 19.0. The van der Waals surface area contributed by atoms with Gasteiger partial charge in [-0.2, -0.15) is 18.3 Å². The van der Waals surface area contributed by atoms with Gasteiger partial charge in [-0.3, -0.25) is 15.5 Å². The van der Waals surface area contributed by atoms with Crippen molar-refractivity contribution in [3.63, 3.8) is 0 Å². The average molecular weight is 387 g/mol. The van der Waals surface area contributed by atoms with E-state index in [0.717, 1.165) is 6.07 Å². The van der Waals surface area contributed by atoms with Crippen LogP contribution in [0.2, 0.25) is 0 Å². The highest BCUT2D eigenvalue weighted by atomic mass is 19.4. The van der Waals surface area contributed by atoms with Crippen LogP contribution in [0.5, 0.6) is 0 Å². The van der Waals surface area contributed by atoms with E-state index in [2.05, 4.69) is 20.5 Å². The van der Waals surface area contributed by atoms with Crippen molar-refractivity contribution in [2.75, 3.05) is 5.43 Å². The fraction of sp³-hybridized carbons (Fsp3) is 0.0556. The lowest BCUT2D eigenvalue weighted by atomic mass is 10.2. The van der Waals surface area contributed by atoms with Crippen LogP contribution >= 0.6 is 0 Å². The molecule has 1 N–H and O–H groups in total. The molecule has 0 unspecified atom stereocenters. The quantitative estimate of drug-likeness (QED) is 0.395. The summed E-state index contributed by atoms with van der Waals surface area (Å²) in [4.78, 5) is 17.7. The maximum absolute atomic E-state index is 13.1. The summed E-state index contributed by atoms with van der Waals surface area (Å²) in [6, 6.07) is 14.5. The van der Waals surface area contributed by atoms with Gasteiger partial charge in [-0.05, 0) is 17.7 Å². The van der Waals surface area contributed by atoms with Crippen LogP contribution in [-0.4, -0.2) is 21.1 Å². The third-order valence-corrected chi connectivity index (χ3v) is 3.55. The molecule has 142 valence electrons. The van der Waals surface area contributed by atoms with Crippen LogP contribution in [0, 0.1) is 10.1 Å². The molecule has 0 saturated carbocycles. The molecule has 0 fully saturated rings. The summed E-state index contributed by atoms with van der Waals surface area (Å²) < 4.78 is 39.4. The Kier molecular flexibility index (Phi) is 5.30. The number of hydrogen-bond donors (Lipinski definition) is 1. The standard InChI is InChI=1S/C18H12F3N5O2/c19-18(20,21)15-10-16(24-17(23-15)13-4-2-1-3-5-13)25-22-11-12-6-8-14(9-7-12)26(27)28/h1-11H,(H,23,24,25). The first-order valence-corrected chi connectivity index (χ1v) is 7.88. The van der Waals surface area contributed by atoms with Crippen LogP contribution in [-0.2, 0) is 6.18 Å². The largest absolute Gasteiger partial charge is 0.433 e. The zero-order chi connectivity index (χ0) is 20.1. The minimum Gasteiger partial charge on any atom is -0.261 e. The molecule has 1 aromatic heterocycles. The molecule has 0 aliphatic rings. The Morgan fingerprint density at radius 2 is 1.71 bits per heavy atom. The number of halogens is 3. The van der Waals surface area contributed by atoms with Crippen LogP contribution in [0.25, 0.3) is 11.4 Å². The molecule has 0 bridgehead atoms. The molecule has 3 aromatic rings. The minimum absolute atomic E-state index is 0.0803. The fourth-order valence-corrected chi connectivity index (χ4v) is 2.22. The van der Waals surface area contributed by atoms with Crippen molar-refractivity contribution in [2.24, 2.45) is 5.10 Å². The number of non-ortho nitro benzene ring substituents is 1. The Bertz CT molecular complexity index is 1010. The second-order valence-electron chi connectivity index (χ2n) is 5.54. The number of rotatable bonds is 5. The molecule has 28 heavy (non-hydrogen) atoms. The van der Waals surface area contributed by atoms with Gasteiger partial charge in [0.2, 0.25) is 0 Å². The van der Waals surface area contributed by atoms with Crippen molar-refractivity contribution in [3.05, 3.63) is 82.0 Å². The smallest absolute Gasteiger partial charge is 0.261 e. The maximum atomic E-state index is 13.1. The zero-order valence-corrected chi connectivity index (χ0v) is 14.1. The molecule has 0 aliphatic heterocycles. The Morgan fingerprint density at radius 1 is 1.04 bits per heavy atom. The van der Waals surface area contributed by atoms with Crippen LogP contribution in [0.3, 0.4) is 0 Å². The highest BCUT2D eigenvalue weighted by Crippen LogP contribution is 2.30. The number of nitro groups is 1. The lowest BCUT2D eigenvalue weighted by Crippen LogP contribution is -2.11. The van der Waals surface area contributed by atoms with Gasteiger partial charge >= 0.3 is 6.18 Å². The molecule has 0 saturated heterocycles. The van der Waals surface area contributed by atoms with E-state index < -0.39 is 16.8 Å². The van der Waals surface area contributed by atoms with Gasteiger partial charge in [0.05, 0.1) is 11.1 Å². The molecule has 3 rings (SSSR count). The van der Waals surface area contributed by atoms with Crippen molar-refractivity contribution in [3.8, 4) is 11.4 Å². The second-order valence-corrected chi connectivity index (χ2v) is 5.54. The Balaban J connectivity index is 1.85. The monoisotopic (exact) mass is 387 g/mol. The Hall–Kier alpha value is -3.82. The SMILES string of the molecule is O=[N+]([O-])c1ccc(C=NNc2cc(C(F)(F)F)nc(-c3ccccc3)n2)cc1. The highest BCUT2D eigenvalue weighted by molar-refractivity contribution is 5.80. The van der Waals surface area contributed by atoms with Crippen LogP contribution in [0.1, 0.15) is 11.3 Å². The lowest BCUT2D eigenvalue weighted by molar-refractivity contribution is -0.384. The van der Waals surface area contributed by atoms with Crippen molar-refractivity contribution in [2.45, 2.75) is 6.18 Å². The van der Waals surface area contributed by atoms with Gasteiger partial charge in [0.1, 0.15) is 0 Å². The molecule has 1 heterocycles. The van der Waals surface area contributed by atoms with E-state index in [-0.39, 0.29) is 17.3 Å². The van der Waals surface area contributed by atoms with E-state index in [1.54, 1.807) is 30.3 Å². The molecule has 0 aliphatic carbocycles. The van der Waals surface area contributed by atoms with Crippen LogP contribution in [0.4, 0.5) is 24.7 Å². The first-order valence-electron chi connectivity index (χ1n) is 7.88. The first-order chi connectivity index (χ1) is 13.3. The summed E-state index contributed by atoms with van der Waals surface area (Å²) in [5.41, 5.74) is 2.20. The predicted octanol–water partition coefficient (Wildman–Crippen LogP) is 4.52. The van der Waals surface area contributed by atoms with Gasteiger partial charge in [0.15, 0.2) is 17.3 Å². The Labute approximate surface area is 156 Å². The molecular formula is C18H12F3N5O2. The van der Waals surface area contributed by atoms with Crippen molar-refractivity contribution in [1.82, 2.24) is 9.97 Å². The number of benzene rings is 2. The molecule has 0 spiro atoms. The van der Waals surface area contributed by atoms with Crippen LogP contribution < -0.4 is 5.43 Å². The van der Waals surface area contributed by atoms with E-state index in [0.29, 0.717) is 11.1 Å². The number of alkyl halides is 3. The van der Waals surface area contributed by atoms with E-state index in [4.69, 9.17) is 0 Å². The summed E-state index contributed by atoms with van der Waals surface area (Å²) in [7, 11) is 0. The number of hydrogen-bond acceptors (Lipinski definition) is 6. The van der Waals surface area contributed by atoms with E-state index in [1.165, 1.54) is 30.5 Å². The number of nitrogens with zero attached hydrogens (tertiary/aromatic N) is 4. The average Bonchev–Trinajstić information content (AvgIpc) is 2.68. The lowest BCUT2D eigenvalue weighted by Gasteiger charge is -2.10. The molecule has 10 heteroatoms. The second kappa shape index (κ2) is 7.82. The summed E-state index contributed by atoms with van der Waals surface area (Å²) in [5, 5.41) is 14.5. The number of aromatic nitrogens is 2. The zero-order valence-electron chi connectivity index (χ0n) is 14.1. The predicted molar refractivity (Wildman–Crippen MR) is 96.8 cm³/mol. The molecular weight excluding hydrogens is 375 g/mol. The number of nitro benzene ring substituents is 1. The highest BCUT2D eigenvalue weighted by Gasteiger charge is 2.33. The van der Waals surface area contributed by atoms with Gasteiger partial charge in [-0.15, -0.1) is 0 Å². The molecule has 0 amide bonds. The maximum Gasteiger partial charge on any atom is 0.433 e. The normalized spacial score (nSPS) is 11.5. The molecule has 0 radical (unpaired) electrons. The third-order valence-electron chi connectivity index (χ3n) is 3.55. The van der Waals surface area contributed by atoms with E-state index >= 15 is 0 Å². The topological polar surface area (TPSA) is 93.3 Å². The molecule has 0 atom stereocenters. The van der Waals surface area contributed by atoms with E-state index in [9.17, 15) is 23.3 Å². The number of nitrogens with one attached hydrogen (secondary N) is 1. The van der Waals surface area contributed by atoms with Gasteiger partial charge in [-0.1, -0.05) is 30.3 Å². The van der Waals surface area contributed by atoms with Gasteiger partial charge < -0.3 is 0 Å². The summed E-state index contributed by atoms with van der Waals surface area (Å²) in [6.45, 7) is 0. The number of anilines is 1. The minimum atomic E-state index is -4.65. The molecule has 7 nitrogen and oxygen atoms in total. The van der Waals surface area contributed by atoms with Crippen molar-refractivity contribution < 1.29 is 18.1 Å². The van der Waals surface area contributed by atoms with Gasteiger partial charge in [-0.25, -0.2) is 9.97 Å². The van der Waals surface area contributed by atoms with Crippen molar-refractivity contribution >= 4 is 17.7 Å². The van der Waals surface area contributed by atoms with Crippen molar-refractivity contribution in [1.29, 1.82) is 0 Å². The van der Waals surface area contributed by atoms with Gasteiger partial charge in [0.25, 0.3) is 5.69 Å².